The van der Waals surface area contributed by atoms with E-state index in [4.69, 9.17) is 5.11 Å². The Hall–Kier alpha value is -0.620. The minimum absolute atomic E-state index is 0.111. The van der Waals surface area contributed by atoms with Gasteiger partial charge in [0.15, 0.2) is 9.84 Å². The van der Waals surface area contributed by atoms with E-state index in [1.165, 1.54) is 0 Å². The average Bonchev–Trinajstić information content (AvgIpc) is 2.46. The normalized spacial score (nSPS) is 40.4. The fourth-order valence-electron chi connectivity index (χ4n) is 2.47. The van der Waals surface area contributed by atoms with Crippen LogP contribution in [0, 0.1) is 5.41 Å². The average molecular weight is 219 g/mol. The van der Waals surface area contributed by atoms with E-state index in [2.05, 4.69) is 5.32 Å². The standard InChI is InChI=1S/C8H13NO4S/c10-7(11)8-2-3-9-6(8)1-4-14(12,13)5-8/h6,9H,1-5H2,(H,10,11). The first-order valence-electron chi connectivity index (χ1n) is 4.63. The molecule has 6 heteroatoms. The van der Waals surface area contributed by atoms with Crippen LogP contribution in [0.15, 0.2) is 0 Å². The fourth-order valence-corrected chi connectivity index (χ4v) is 4.46. The van der Waals surface area contributed by atoms with Crippen LogP contribution in [0.5, 0.6) is 0 Å². The molecular weight excluding hydrogens is 206 g/mol. The van der Waals surface area contributed by atoms with Crippen molar-refractivity contribution in [2.24, 2.45) is 5.41 Å². The molecule has 2 saturated heterocycles. The first-order valence-corrected chi connectivity index (χ1v) is 6.46. The number of carboxylic acid groups (broad SMARTS) is 1. The summed E-state index contributed by atoms with van der Waals surface area (Å²) < 4.78 is 22.8. The number of hydrogen-bond acceptors (Lipinski definition) is 4. The Bertz CT molecular complexity index is 364. The monoisotopic (exact) mass is 219 g/mol. The Morgan fingerprint density at radius 3 is 2.86 bits per heavy atom. The first kappa shape index (κ1) is 9.92. The van der Waals surface area contributed by atoms with Crippen molar-refractivity contribution in [3.05, 3.63) is 0 Å². The lowest BCUT2D eigenvalue weighted by molar-refractivity contribution is -0.148. The minimum atomic E-state index is -3.16. The topological polar surface area (TPSA) is 83.5 Å². The van der Waals surface area contributed by atoms with Crippen LogP contribution in [0.3, 0.4) is 0 Å². The summed E-state index contributed by atoms with van der Waals surface area (Å²) >= 11 is 0. The van der Waals surface area contributed by atoms with Crippen LogP contribution < -0.4 is 5.32 Å². The summed E-state index contributed by atoms with van der Waals surface area (Å²) in [5.74, 6) is -1.07. The van der Waals surface area contributed by atoms with Crippen molar-refractivity contribution in [2.75, 3.05) is 18.1 Å². The van der Waals surface area contributed by atoms with Crippen molar-refractivity contribution < 1.29 is 18.3 Å². The Morgan fingerprint density at radius 1 is 1.50 bits per heavy atom. The van der Waals surface area contributed by atoms with Crippen LogP contribution in [-0.2, 0) is 14.6 Å². The van der Waals surface area contributed by atoms with Gasteiger partial charge in [0.05, 0.1) is 16.9 Å². The Morgan fingerprint density at radius 2 is 2.21 bits per heavy atom. The summed E-state index contributed by atoms with van der Waals surface area (Å²) in [6.45, 7) is 0.604. The summed E-state index contributed by atoms with van der Waals surface area (Å²) in [6, 6.07) is -0.163. The van der Waals surface area contributed by atoms with Gasteiger partial charge >= 0.3 is 5.97 Å². The molecule has 0 bridgehead atoms. The summed E-state index contributed by atoms with van der Waals surface area (Å²) in [6.07, 6.45) is 0.848. The van der Waals surface area contributed by atoms with Gasteiger partial charge in [-0.05, 0) is 19.4 Å². The van der Waals surface area contributed by atoms with Gasteiger partial charge in [0.1, 0.15) is 0 Å². The van der Waals surface area contributed by atoms with Crippen LogP contribution in [0.1, 0.15) is 12.8 Å². The molecule has 2 aliphatic rings. The molecule has 0 aliphatic carbocycles. The zero-order chi connectivity index (χ0) is 10.4. The summed E-state index contributed by atoms with van der Waals surface area (Å²) in [5.41, 5.74) is -1.06. The molecule has 14 heavy (non-hydrogen) atoms. The molecule has 2 N–H and O–H groups in total. The third kappa shape index (κ3) is 1.33. The van der Waals surface area contributed by atoms with Crippen molar-refractivity contribution in [1.82, 2.24) is 5.32 Å². The Labute approximate surface area is 82.4 Å². The lowest BCUT2D eigenvalue weighted by Gasteiger charge is -2.34. The van der Waals surface area contributed by atoms with Gasteiger partial charge in [-0.25, -0.2) is 8.42 Å². The maximum atomic E-state index is 11.4. The number of carboxylic acids is 1. The van der Waals surface area contributed by atoms with E-state index < -0.39 is 21.2 Å². The summed E-state index contributed by atoms with van der Waals surface area (Å²) in [5, 5.41) is 12.2. The molecular formula is C8H13NO4S. The molecule has 2 atom stereocenters. The summed E-state index contributed by atoms with van der Waals surface area (Å²) in [7, 11) is -3.16. The molecule has 0 amide bonds. The Kier molecular flexibility index (Phi) is 2.08. The highest BCUT2D eigenvalue weighted by atomic mass is 32.2. The van der Waals surface area contributed by atoms with E-state index in [9.17, 15) is 13.2 Å². The van der Waals surface area contributed by atoms with Crippen molar-refractivity contribution in [1.29, 1.82) is 0 Å². The SMILES string of the molecule is O=C(O)C12CCNC1CCS(=O)(=O)C2. The van der Waals surface area contributed by atoms with E-state index in [-0.39, 0.29) is 17.5 Å². The zero-order valence-electron chi connectivity index (χ0n) is 7.69. The molecule has 2 unspecified atom stereocenters. The lowest BCUT2D eigenvalue weighted by Crippen LogP contribution is -2.52. The Balaban J connectivity index is 2.38. The van der Waals surface area contributed by atoms with E-state index in [1.807, 2.05) is 0 Å². The van der Waals surface area contributed by atoms with Crippen molar-refractivity contribution in [3.8, 4) is 0 Å². The number of nitrogens with one attached hydrogen (secondary N) is 1. The molecule has 0 saturated carbocycles. The third-order valence-corrected chi connectivity index (χ3v) is 5.06. The second-order valence-corrected chi connectivity index (χ2v) is 6.28. The van der Waals surface area contributed by atoms with Crippen molar-refractivity contribution in [3.63, 3.8) is 0 Å². The molecule has 2 fully saturated rings. The second-order valence-electron chi connectivity index (χ2n) is 4.10. The molecule has 0 aromatic carbocycles. The van der Waals surface area contributed by atoms with Gasteiger partial charge in [-0.15, -0.1) is 0 Å². The maximum absolute atomic E-state index is 11.4. The van der Waals surface area contributed by atoms with E-state index in [0.29, 0.717) is 19.4 Å². The van der Waals surface area contributed by atoms with E-state index in [0.717, 1.165) is 0 Å². The third-order valence-electron chi connectivity index (χ3n) is 3.25. The molecule has 0 aromatic heterocycles. The highest BCUT2D eigenvalue weighted by Gasteiger charge is 2.54. The van der Waals surface area contributed by atoms with Crippen LogP contribution in [0.4, 0.5) is 0 Å². The van der Waals surface area contributed by atoms with Gasteiger partial charge < -0.3 is 10.4 Å². The fraction of sp³-hybridized carbons (Fsp3) is 0.875. The molecule has 0 aromatic rings. The van der Waals surface area contributed by atoms with Crippen molar-refractivity contribution in [2.45, 2.75) is 18.9 Å². The highest BCUT2D eigenvalue weighted by molar-refractivity contribution is 7.91. The molecule has 80 valence electrons. The number of sulfone groups is 1. The molecule has 5 nitrogen and oxygen atoms in total. The maximum Gasteiger partial charge on any atom is 0.312 e. The molecule has 0 radical (unpaired) electrons. The van der Waals surface area contributed by atoms with Crippen molar-refractivity contribution >= 4 is 15.8 Å². The number of hydrogen-bond donors (Lipinski definition) is 2. The van der Waals surface area contributed by atoms with Gasteiger partial charge in [-0.1, -0.05) is 0 Å². The predicted molar refractivity (Wildman–Crippen MR) is 49.7 cm³/mol. The van der Waals surface area contributed by atoms with Gasteiger partial charge in [0.25, 0.3) is 0 Å². The molecule has 2 heterocycles. The quantitative estimate of drug-likeness (QED) is 0.605. The van der Waals surface area contributed by atoms with E-state index in [1.54, 1.807) is 0 Å². The van der Waals surface area contributed by atoms with Crippen LogP contribution in [-0.4, -0.2) is 43.6 Å². The second kappa shape index (κ2) is 2.93. The highest BCUT2D eigenvalue weighted by Crippen LogP contribution is 2.38. The number of fused-ring (bicyclic) bond motifs is 1. The van der Waals surface area contributed by atoms with Crippen LogP contribution >= 0.6 is 0 Å². The van der Waals surface area contributed by atoms with Gasteiger partial charge in [-0.2, -0.15) is 0 Å². The smallest absolute Gasteiger partial charge is 0.312 e. The van der Waals surface area contributed by atoms with Crippen LogP contribution in [0.2, 0.25) is 0 Å². The van der Waals surface area contributed by atoms with Crippen LogP contribution in [0.25, 0.3) is 0 Å². The number of carbonyl (C=O) groups is 1. The largest absolute Gasteiger partial charge is 0.481 e. The number of aliphatic carboxylic acids is 1. The number of rotatable bonds is 1. The minimum Gasteiger partial charge on any atom is -0.481 e. The lowest BCUT2D eigenvalue weighted by atomic mass is 9.81. The summed E-state index contributed by atoms with van der Waals surface area (Å²) in [4.78, 5) is 11.1. The van der Waals surface area contributed by atoms with Gasteiger partial charge in [-0.3, -0.25) is 4.79 Å². The molecule has 2 aliphatic heterocycles. The van der Waals surface area contributed by atoms with Gasteiger partial charge in [0.2, 0.25) is 0 Å². The van der Waals surface area contributed by atoms with Gasteiger partial charge in [0, 0.05) is 6.04 Å². The first-order chi connectivity index (χ1) is 6.46. The zero-order valence-corrected chi connectivity index (χ0v) is 8.51. The van der Waals surface area contributed by atoms with E-state index >= 15 is 0 Å². The molecule has 0 spiro atoms. The predicted octanol–water partition coefficient (Wildman–Crippen LogP) is -0.762. The molecule has 2 rings (SSSR count).